The number of unbranched alkanes of at least 4 members (excludes halogenated alkanes) is 1. The van der Waals surface area contributed by atoms with Crippen molar-refractivity contribution in [3.8, 4) is 11.5 Å². The number of carbonyl (C=O) groups is 1. The smallest absolute Gasteiger partial charge is 0.274 e. The van der Waals surface area contributed by atoms with Crippen molar-refractivity contribution in [1.82, 2.24) is 15.1 Å². The molecule has 0 unspecified atom stereocenters. The van der Waals surface area contributed by atoms with Crippen molar-refractivity contribution in [2.24, 2.45) is 0 Å². The van der Waals surface area contributed by atoms with Crippen molar-refractivity contribution in [2.75, 3.05) is 19.8 Å². The lowest BCUT2D eigenvalue weighted by molar-refractivity contribution is 0.0734. The molecule has 0 radical (unpaired) electrons. The van der Waals surface area contributed by atoms with Gasteiger partial charge in [0.2, 0.25) is 0 Å². The van der Waals surface area contributed by atoms with E-state index in [1.807, 2.05) is 30.0 Å². The maximum atomic E-state index is 12.7. The summed E-state index contributed by atoms with van der Waals surface area (Å²) in [5.41, 5.74) is 2.37. The Balaban J connectivity index is 1.77. The summed E-state index contributed by atoms with van der Waals surface area (Å²) in [5.74, 6) is 1.46. The minimum absolute atomic E-state index is 0.0531. The zero-order valence-corrected chi connectivity index (χ0v) is 14.2. The number of amides is 1. The van der Waals surface area contributed by atoms with Crippen LogP contribution in [-0.4, -0.2) is 40.8 Å². The van der Waals surface area contributed by atoms with Crippen LogP contribution >= 0.6 is 0 Å². The molecule has 128 valence electrons. The van der Waals surface area contributed by atoms with Gasteiger partial charge in [-0.15, -0.1) is 0 Å². The Hall–Kier alpha value is -2.50. The molecule has 1 N–H and O–H groups in total. The van der Waals surface area contributed by atoms with Crippen LogP contribution in [0, 0.1) is 6.92 Å². The zero-order valence-electron chi connectivity index (χ0n) is 14.2. The monoisotopic (exact) mass is 329 g/mol. The quantitative estimate of drug-likeness (QED) is 0.885. The Bertz CT molecular complexity index is 711. The standard InChI is InChI=1S/C18H23N3O3/c1-3-4-7-21(18(22)15-10-13(2)19-20-15)12-14-5-6-16-17(11-14)24-9-8-23-16/h5-6,10-11H,3-4,7-9,12H2,1-2H3,(H,19,20). The van der Waals surface area contributed by atoms with Crippen molar-refractivity contribution in [1.29, 1.82) is 0 Å². The number of hydrogen-bond donors (Lipinski definition) is 1. The molecule has 3 rings (SSSR count). The Morgan fingerprint density at radius 2 is 2.04 bits per heavy atom. The van der Waals surface area contributed by atoms with Crippen LogP contribution in [0.5, 0.6) is 11.5 Å². The second-order valence-corrected chi connectivity index (χ2v) is 5.99. The van der Waals surface area contributed by atoms with Crippen molar-refractivity contribution < 1.29 is 14.3 Å². The number of nitrogens with zero attached hydrogens (tertiary/aromatic N) is 2. The molecule has 0 saturated carbocycles. The lowest BCUT2D eigenvalue weighted by Gasteiger charge is -2.23. The van der Waals surface area contributed by atoms with Gasteiger partial charge in [0.15, 0.2) is 11.5 Å². The minimum Gasteiger partial charge on any atom is -0.486 e. The molecule has 0 bridgehead atoms. The number of H-pyrrole nitrogens is 1. The second kappa shape index (κ2) is 7.38. The average Bonchev–Trinajstić information content (AvgIpc) is 3.04. The molecular weight excluding hydrogens is 306 g/mol. The zero-order chi connectivity index (χ0) is 16.9. The van der Waals surface area contributed by atoms with Crippen LogP contribution in [-0.2, 0) is 6.54 Å². The van der Waals surface area contributed by atoms with Gasteiger partial charge in [0.1, 0.15) is 18.9 Å². The molecule has 0 fully saturated rings. The number of benzene rings is 1. The summed E-state index contributed by atoms with van der Waals surface area (Å²) in [5, 5.41) is 6.93. The van der Waals surface area contributed by atoms with Gasteiger partial charge in [-0.1, -0.05) is 19.4 Å². The fraction of sp³-hybridized carbons (Fsp3) is 0.444. The number of aryl methyl sites for hydroxylation is 1. The van der Waals surface area contributed by atoms with Crippen LogP contribution in [0.1, 0.15) is 41.5 Å². The van der Waals surface area contributed by atoms with Crippen LogP contribution in [0.4, 0.5) is 0 Å². The molecule has 2 aromatic rings. The fourth-order valence-electron chi connectivity index (χ4n) is 2.70. The first-order valence-corrected chi connectivity index (χ1v) is 8.37. The first-order chi connectivity index (χ1) is 11.7. The van der Waals surface area contributed by atoms with E-state index < -0.39 is 0 Å². The third-order valence-corrected chi connectivity index (χ3v) is 3.97. The third kappa shape index (κ3) is 3.69. The Labute approximate surface area is 141 Å². The molecule has 6 nitrogen and oxygen atoms in total. The summed E-state index contributed by atoms with van der Waals surface area (Å²) >= 11 is 0. The summed E-state index contributed by atoms with van der Waals surface area (Å²) < 4.78 is 11.2. The molecular formula is C18H23N3O3. The van der Waals surface area contributed by atoms with Crippen LogP contribution in [0.3, 0.4) is 0 Å². The van der Waals surface area contributed by atoms with Crippen LogP contribution in [0.15, 0.2) is 24.3 Å². The molecule has 6 heteroatoms. The van der Waals surface area contributed by atoms with E-state index in [1.54, 1.807) is 6.07 Å². The molecule has 0 spiro atoms. The molecule has 2 heterocycles. The SMILES string of the molecule is CCCCN(Cc1ccc2c(c1)OCCO2)C(=O)c1cc(C)[nH]n1. The van der Waals surface area contributed by atoms with E-state index >= 15 is 0 Å². The number of nitrogens with one attached hydrogen (secondary N) is 1. The number of carbonyl (C=O) groups excluding carboxylic acids is 1. The predicted molar refractivity (Wildman–Crippen MR) is 90.4 cm³/mol. The molecule has 1 aromatic heterocycles. The maximum absolute atomic E-state index is 12.7. The van der Waals surface area contributed by atoms with Gasteiger partial charge in [-0.25, -0.2) is 0 Å². The van der Waals surface area contributed by atoms with E-state index in [-0.39, 0.29) is 5.91 Å². The van der Waals surface area contributed by atoms with Crippen molar-refractivity contribution in [3.05, 3.63) is 41.2 Å². The summed E-state index contributed by atoms with van der Waals surface area (Å²) in [6, 6.07) is 7.63. The number of aromatic amines is 1. The van der Waals surface area contributed by atoms with E-state index in [9.17, 15) is 4.79 Å². The summed E-state index contributed by atoms with van der Waals surface area (Å²) in [7, 11) is 0. The highest BCUT2D eigenvalue weighted by molar-refractivity contribution is 5.92. The lowest BCUT2D eigenvalue weighted by atomic mass is 10.1. The van der Waals surface area contributed by atoms with Crippen molar-refractivity contribution in [3.63, 3.8) is 0 Å². The second-order valence-electron chi connectivity index (χ2n) is 5.99. The Kier molecular flexibility index (Phi) is 5.03. The first-order valence-electron chi connectivity index (χ1n) is 8.37. The minimum atomic E-state index is -0.0531. The number of rotatable bonds is 6. The molecule has 1 aromatic carbocycles. The van der Waals surface area contributed by atoms with Gasteiger partial charge < -0.3 is 14.4 Å². The van der Waals surface area contributed by atoms with Gasteiger partial charge in [-0.05, 0) is 37.1 Å². The third-order valence-electron chi connectivity index (χ3n) is 3.97. The summed E-state index contributed by atoms with van der Waals surface area (Å²) in [6.45, 7) is 6.37. The average molecular weight is 329 g/mol. The van der Waals surface area contributed by atoms with Gasteiger partial charge in [0, 0.05) is 18.8 Å². The Morgan fingerprint density at radius 1 is 1.25 bits per heavy atom. The fourth-order valence-corrected chi connectivity index (χ4v) is 2.70. The van der Waals surface area contributed by atoms with E-state index in [1.165, 1.54) is 0 Å². The highest BCUT2D eigenvalue weighted by Gasteiger charge is 2.19. The number of fused-ring (bicyclic) bond motifs is 1. The van der Waals surface area contributed by atoms with Crippen molar-refractivity contribution >= 4 is 5.91 Å². The van der Waals surface area contributed by atoms with Gasteiger partial charge in [0.25, 0.3) is 5.91 Å². The largest absolute Gasteiger partial charge is 0.486 e. The van der Waals surface area contributed by atoms with Gasteiger partial charge in [-0.2, -0.15) is 5.10 Å². The first kappa shape index (κ1) is 16.4. The van der Waals surface area contributed by atoms with Gasteiger partial charge in [-0.3, -0.25) is 9.89 Å². The van der Waals surface area contributed by atoms with E-state index in [0.717, 1.165) is 35.6 Å². The highest BCUT2D eigenvalue weighted by atomic mass is 16.6. The molecule has 1 amide bonds. The molecule has 24 heavy (non-hydrogen) atoms. The van der Waals surface area contributed by atoms with E-state index in [4.69, 9.17) is 9.47 Å². The normalized spacial score (nSPS) is 12.9. The summed E-state index contributed by atoms with van der Waals surface area (Å²) in [4.78, 5) is 14.6. The topological polar surface area (TPSA) is 67.5 Å². The number of hydrogen-bond acceptors (Lipinski definition) is 4. The number of aromatic nitrogens is 2. The van der Waals surface area contributed by atoms with Gasteiger partial charge >= 0.3 is 0 Å². The Morgan fingerprint density at radius 3 is 2.75 bits per heavy atom. The lowest BCUT2D eigenvalue weighted by Crippen LogP contribution is -2.32. The molecule has 1 aliphatic rings. The number of ether oxygens (including phenoxy) is 2. The van der Waals surface area contributed by atoms with Crippen molar-refractivity contribution in [2.45, 2.75) is 33.2 Å². The molecule has 0 saturated heterocycles. The van der Waals surface area contributed by atoms with Crippen LogP contribution in [0.2, 0.25) is 0 Å². The van der Waals surface area contributed by atoms with Crippen LogP contribution < -0.4 is 9.47 Å². The summed E-state index contributed by atoms with van der Waals surface area (Å²) in [6.07, 6.45) is 1.99. The molecule has 0 aliphatic carbocycles. The predicted octanol–water partition coefficient (Wildman–Crippen LogP) is 2.93. The molecule has 1 aliphatic heterocycles. The van der Waals surface area contributed by atoms with Gasteiger partial charge in [0.05, 0.1) is 0 Å². The maximum Gasteiger partial charge on any atom is 0.274 e. The van der Waals surface area contributed by atoms with E-state index in [2.05, 4.69) is 17.1 Å². The van der Waals surface area contributed by atoms with Crippen LogP contribution in [0.25, 0.3) is 0 Å². The molecule has 0 atom stereocenters. The van der Waals surface area contributed by atoms with E-state index in [0.29, 0.717) is 32.0 Å². The highest BCUT2D eigenvalue weighted by Crippen LogP contribution is 2.31.